The second kappa shape index (κ2) is 8.67. The highest BCUT2D eigenvalue weighted by Crippen LogP contribution is 2.38. The molecule has 4 aliphatic rings. The van der Waals surface area contributed by atoms with Gasteiger partial charge in [0.25, 0.3) is 0 Å². The van der Waals surface area contributed by atoms with Crippen molar-refractivity contribution in [3.8, 4) is 0 Å². The smallest absolute Gasteiger partial charge is 0.237 e. The zero-order valence-corrected chi connectivity index (χ0v) is 17.3. The van der Waals surface area contributed by atoms with Crippen LogP contribution >= 0.6 is 0 Å². The van der Waals surface area contributed by atoms with Gasteiger partial charge in [-0.1, -0.05) is 13.8 Å². The lowest BCUT2D eigenvalue weighted by Crippen LogP contribution is -2.59. The molecule has 0 saturated carbocycles. The fourth-order valence-corrected chi connectivity index (χ4v) is 5.54. The molecule has 3 atom stereocenters. The zero-order valence-electron chi connectivity index (χ0n) is 17.3. The van der Waals surface area contributed by atoms with Crippen LogP contribution in [0.1, 0.15) is 39.5 Å². The lowest BCUT2D eigenvalue weighted by atomic mass is 9.90. The SMILES string of the molecule is CC(C)CC1C(C(=O)N2CCOCC2)C[C@H]2CN(C3CCOCC3)CC(=O)N12. The zero-order chi connectivity index (χ0) is 19.7. The third-order valence-electron chi connectivity index (χ3n) is 6.87. The third-order valence-corrected chi connectivity index (χ3v) is 6.87. The molecule has 4 fully saturated rings. The Balaban J connectivity index is 1.50. The molecule has 4 saturated heterocycles. The van der Waals surface area contributed by atoms with Crippen LogP contribution in [-0.4, -0.2) is 97.2 Å². The largest absolute Gasteiger partial charge is 0.381 e. The number of hydrogen-bond donors (Lipinski definition) is 0. The van der Waals surface area contributed by atoms with Crippen LogP contribution < -0.4 is 0 Å². The Labute approximate surface area is 168 Å². The Bertz CT molecular complexity index is 572. The van der Waals surface area contributed by atoms with E-state index in [9.17, 15) is 9.59 Å². The lowest BCUT2D eigenvalue weighted by molar-refractivity contribution is -0.145. The highest BCUT2D eigenvalue weighted by atomic mass is 16.5. The van der Waals surface area contributed by atoms with Crippen LogP contribution in [0.3, 0.4) is 0 Å². The Morgan fingerprint density at radius 1 is 1.07 bits per heavy atom. The Kier molecular flexibility index (Phi) is 6.23. The number of fused-ring (bicyclic) bond motifs is 1. The van der Waals surface area contributed by atoms with E-state index in [0.29, 0.717) is 44.8 Å². The van der Waals surface area contributed by atoms with Crippen LogP contribution in [0.4, 0.5) is 0 Å². The van der Waals surface area contributed by atoms with Gasteiger partial charge in [-0.25, -0.2) is 0 Å². The van der Waals surface area contributed by atoms with E-state index in [-0.39, 0.29) is 29.8 Å². The fraction of sp³-hybridized carbons (Fsp3) is 0.905. The standard InChI is InChI=1S/C21H35N3O4/c1-15(2)11-19-18(21(26)22-5-9-28-10-6-22)12-17-13-23(14-20(25)24(17)19)16-3-7-27-8-4-16/h15-19H,3-14H2,1-2H3/t17-,18?,19?/m0/s1. The molecular weight excluding hydrogens is 358 g/mol. The minimum atomic E-state index is -0.0657. The average molecular weight is 394 g/mol. The van der Waals surface area contributed by atoms with Gasteiger partial charge in [-0.15, -0.1) is 0 Å². The van der Waals surface area contributed by atoms with Crippen molar-refractivity contribution in [2.75, 3.05) is 52.6 Å². The molecule has 0 radical (unpaired) electrons. The summed E-state index contributed by atoms with van der Waals surface area (Å²) >= 11 is 0. The van der Waals surface area contributed by atoms with Crippen LogP contribution in [0.2, 0.25) is 0 Å². The van der Waals surface area contributed by atoms with Crippen LogP contribution in [0.15, 0.2) is 0 Å². The summed E-state index contributed by atoms with van der Waals surface area (Å²) in [5, 5.41) is 0. The number of carbonyl (C=O) groups excluding carboxylic acids is 2. The van der Waals surface area contributed by atoms with E-state index >= 15 is 0 Å². The Morgan fingerprint density at radius 2 is 1.75 bits per heavy atom. The van der Waals surface area contributed by atoms with Crippen LogP contribution in [-0.2, 0) is 19.1 Å². The molecule has 0 aromatic carbocycles. The second-order valence-corrected chi connectivity index (χ2v) is 9.20. The summed E-state index contributed by atoms with van der Waals surface area (Å²) in [5.74, 6) is 0.841. The molecule has 7 nitrogen and oxygen atoms in total. The number of ether oxygens (including phenoxy) is 2. The first-order valence-corrected chi connectivity index (χ1v) is 11.0. The van der Waals surface area contributed by atoms with Crippen molar-refractivity contribution in [3.63, 3.8) is 0 Å². The molecule has 7 heteroatoms. The molecular formula is C21H35N3O4. The predicted molar refractivity (Wildman–Crippen MR) is 105 cm³/mol. The van der Waals surface area contributed by atoms with Gasteiger partial charge in [0, 0.05) is 51.0 Å². The molecule has 0 spiro atoms. The average Bonchev–Trinajstić information content (AvgIpc) is 3.07. The van der Waals surface area contributed by atoms with Crippen LogP contribution in [0, 0.1) is 11.8 Å². The van der Waals surface area contributed by atoms with Crippen LogP contribution in [0.25, 0.3) is 0 Å². The van der Waals surface area contributed by atoms with E-state index in [1.54, 1.807) is 0 Å². The highest BCUT2D eigenvalue weighted by molar-refractivity contribution is 5.85. The summed E-state index contributed by atoms with van der Waals surface area (Å²) in [6.45, 7) is 9.95. The summed E-state index contributed by atoms with van der Waals surface area (Å²) < 4.78 is 10.9. The van der Waals surface area contributed by atoms with Crippen molar-refractivity contribution < 1.29 is 19.1 Å². The molecule has 4 aliphatic heterocycles. The molecule has 0 N–H and O–H groups in total. The maximum absolute atomic E-state index is 13.3. The van der Waals surface area contributed by atoms with E-state index in [1.807, 2.05) is 4.90 Å². The normalized spacial score (nSPS) is 32.8. The van der Waals surface area contributed by atoms with Gasteiger partial charge in [0.05, 0.1) is 25.7 Å². The number of rotatable bonds is 4. The fourth-order valence-electron chi connectivity index (χ4n) is 5.54. The molecule has 28 heavy (non-hydrogen) atoms. The Hall–Kier alpha value is -1.18. The first-order valence-electron chi connectivity index (χ1n) is 11.0. The van der Waals surface area contributed by atoms with Crippen molar-refractivity contribution in [1.82, 2.24) is 14.7 Å². The predicted octanol–water partition coefficient (Wildman–Crippen LogP) is 0.972. The minimum absolute atomic E-state index is 0.0460. The molecule has 2 amide bonds. The number of hydrogen-bond acceptors (Lipinski definition) is 5. The summed E-state index contributed by atoms with van der Waals surface area (Å²) in [6, 6.07) is 0.657. The topological polar surface area (TPSA) is 62.3 Å². The highest BCUT2D eigenvalue weighted by Gasteiger charge is 2.51. The van der Waals surface area contributed by atoms with E-state index in [4.69, 9.17) is 9.47 Å². The van der Waals surface area contributed by atoms with E-state index < -0.39 is 0 Å². The number of carbonyl (C=O) groups is 2. The van der Waals surface area contributed by atoms with Gasteiger partial charge in [-0.2, -0.15) is 0 Å². The van der Waals surface area contributed by atoms with Gasteiger partial charge in [0.15, 0.2) is 0 Å². The molecule has 0 aromatic heterocycles. The first kappa shape index (κ1) is 20.1. The molecule has 2 unspecified atom stereocenters. The van der Waals surface area contributed by atoms with Gasteiger partial charge >= 0.3 is 0 Å². The van der Waals surface area contributed by atoms with Crippen molar-refractivity contribution >= 4 is 11.8 Å². The van der Waals surface area contributed by atoms with Crippen molar-refractivity contribution in [2.24, 2.45) is 11.8 Å². The maximum Gasteiger partial charge on any atom is 0.237 e. The molecule has 0 aromatic rings. The molecule has 158 valence electrons. The summed E-state index contributed by atoms with van der Waals surface area (Å²) in [4.78, 5) is 32.9. The van der Waals surface area contributed by atoms with Crippen molar-refractivity contribution in [2.45, 2.75) is 57.7 Å². The van der Waals surface area contributed by atoms with Crippen LogP contribution in [0.5, 0.6) is 0 Å². The first-order chi connectivity index (χ1) is 13.5. The number of morpholine rings is 1. The second-order valence-electron chi connectivity index (χ2n) is 9.20. The molecule has 0 bridgehead atoms. The number of piperazine rings is 1. The lowest BCUT2D eigenvalue weighted by Gasteiger charge is -2.44. The Morgan fingerprint density at radius 3 is 2.43 bits per heavy atom. The van der Waals surface area contributed by atoms with Gasteiger partial charge in [0.2, 0.25) is 11.8 Å². The summed E-state index contributed by atoms with van der Waals surface area (Å²) in [6.07, 6.45) is 3.72. The molecule has 4 heterocycles. The van der Waals surface area contributed by atoms with E-state index in [1.165, 1.54) is 0 Å². The third kappa shape index (κ3) is 4.07. The van der Waals surface area contributed by atoms with Gasteiger partial charge in [-0.3, -0.25) is 14.5 Å². The van der Waals surface area contributed by atoms with Gasteiger partial charge in [-0.05, 0) is 31.6 Å². The van der Waals surface area contributed by atoms with Crippen molar-refractivity contribution in [1.29, 1.82) is 0 Å². The van der Waals surface area contributed by atoms with Gasteiger partial charge in [0.1, 0.15) is 0 Å². The van der Waals surface area contributed by atoms with E-state index in [0.717, 1.165) is 45.4 Å². The quantitative estimate of drug-likeness (QED) is 0.712. The summed E-state index contributed by atoms with van der Waals surface area (Å²) in [5.41, 5.74) is 0. The number of amides is 2. The maximum atomic E-state index is 13.3. The summed E-state index contributed by atoms with van der Waals surface area (Å²) in [7, 11) is 0. The molecule has 0 aliphatic carbocycles. The van der Waals surface area contributed by atoms with E-state index in [2.05, 4.69) is 23.6 Å². The monoisotopic (exact) mass is 393 g/mol. The minimum Gasteiger partial charge on any atom is -0.381 e. The number of nitrogens with zero attached hydrogens (tertiary/aromatic N) is 3. The molecule has 4 rings (SSSR count). The van der Waals surface area contributed by atoms with Crippen molar-refractivity contribution in [3.05, 3.63) is 0 Å². The van der Waals surface area contributed by atoms with Gasteiger partial charge < -0.3 is 19.3 Å².